The Morgan fingerprint density at radius 2 is 1.95 bits per heavy atom. The second-order valence-corrected chi connectivity index (χ2v) is 5.12. The zero-order valence-electron chi connectivity index (χ0n) is 11.0. The van der Waals surface area contributed by atoms with Crippen molar-refractivity contribution < 1.29 is 0 Å². The van der Waals surface area contributed by atoms with Gasteiger partial charge < -0.3 is 4.40 Å². The van der Waals surface area contributed by atoms with Crippen molar-refractivity contribution in [2.75, 3.05) is 0 Å². The number of fused-ring (bicyclic) bond motifs is 1. The number of aryl methyl sites for hydroxylation is 1. The van der Waals surface area contributed by atoms with Gasteiger partial charge in [0.05, 0.1) is 23.9 Å². The zero-order valence-corrected chi connectivity index (χ0v) is 11.7. The first kappa shape index (κ1) is 12.7. The third kappa shape index (κ3) is 2.15. The van der Waals surface area contributed by atoms with E-state index < -0.39 is 0 Å². The van der Waals surface area contributed by atoms with Gasteiger partial charge >= 0.3 is 0 Å². The van der Waals surface area contributed by atoms with Crippen LogP contribution in [0.3, 0.4) is 0 Å². The minimum Gasteiger partial charge on any atom is -0.302 e. The average Bonchev–Trinajstić information content (AvgIpc) is 2.79. The minimum atomic E-state index is 0.322. The molecule has 3 nitrogen and oxygen atoms in total. The fourth-order valence-electron chi connectivity index (χ4n) is 2.28. The molecule has 0 amide bonds. The van der Waals surface area contributed by atoms with Gasteiger partial charge in [0.15, 0.2) is 0 Å². The summed E-state index contributed by atoms with van der Waals surface area (Å²) in [7, 11) is 0. The van der Waals surface area contributed by atoms with Gasteiger partial charge in [-0.25, -0.2) is 4.98 Å². The lowest BCUT2D eigenvalue weighted by molar-refractivity contribution is 1.04. The number of hydrogen-bond donors (Lipinski definition) is 0. The van der Waals surface area contributed by atoms with Crippen molar-refractivity contribution in [1.29, 1.82) is 5.26 Å². The molecule has 0 fully saturated rings. The van der Waals surface area contributed by atoms with E-state index in [2.05, 4.69) is 11.1 Å². The normalized spacial score (nSPS) is 10.7. The number of nitriles is 1. The highest BCUT2D eigenvalue weighted by Crippen LogP contribution is 2.26. The van der Waals surface area contributed by atoms with Gasteiger partial charge in [-0.05, 0) is 30.7 Å². The van der Waals surface area contributed by atoms with Crippen LogP contribution in [0.15, 0.2) is 42.6 Å². The summed E-state index contributed by atoms with van der Waals surface area (Å²) in [6, 6.07) is 13.7. The van der Waals surface area contributed by atoms with Crippen molar-refractivity contribution >= 4 is 17.2 Å². The molecule has 0 radical (unpaired) electrons. The number of rotatable bonds is 2. The van der Waals surface area contributed by atoms with Crippen LogP contribution in [0, 0.1) is 18.3 Å². The number of nitrogens with zero attached hydrogens (tertiary/aromatic N) is 3. The van der Waals surface area contributed by atoms with Crippen molar-refractivity contribution in [3.8, 4) is 17.3 Å². The Morgan fingerprint density at radius 3 is 2.65 bits per heavy atom. The summed E-state index contributed by atoms with van der Waals surface area (Å²) in [6.45, 7) is 2.03. The molecule has 4 heteroatoms. The van der Waals surface area contributed by atoms with Gasteiger partial charge in [-0.1, -0.05) is 29.8 Å². The molecular weight excluding hydrogens is 270 g/mol. The predicted molar refractivity (Wildman–Crippen MR) is 79.7 cm³/mol. The minimum absolute atomic E-state index is 0.322. The lowest BCUT2D eigenvalue weighted by Crippen LogP contribution is -1.94. The molecule has 0 saturated heterocycles. The van der Waals surface area contributed by atoms with E-state index in [9.17, 15) is 0 Å². The van der Waals surface area contributed by atoms with Gasteiger partial charge in [-0.15, -0.1) is 0 Å². The smallest absolute Gasteiger partial charge is 0.137 e. The quantitative estimate of drug-likeness (QED) is 0.711. The Labute approximate surface area is 122 Å². The van der Waals surface area contributed by atoms with E-state index in [-0.39, 0.29) is 0 Å². The molecule has 2 heterocycles. The van der Waals surface area contributed by atoms with Crippen molar-refractivity contribution in [1.82, 2.24) is 9.38 Å². The van der Waals surface area contributed by atoms with Crippen LogP contribution in [-0.4, -0.2) is 9.38 Å². The van der Waals surface area contributed by atoms with Crippen molar-refractivity contribution in [3.05, 3.63) is 58.9 Å². The lowest BCUT2D eigenvalue weighted by atomic mass is 10.1. The Bertz CT molecular complexity index is 810. The topological polar surface area (TPSA) is 41.1 Å². The van der Waals surface area contributed by atoms with Gasteiger partial charge in [0.1, 0.15) is 5.65 Å². The Hall–Kier alpha value is -2.31. The van der Waals surface area contributed by atoms with E-state index in [1.54, 1.807) is 0 Å². The van der Waals surface area contributed by atoms with Crippen LogP contribution in [0.25, 0.3) is 16.9 Å². The van der Waals surface area contributed by atoms with Crippen LogP contribution < -0.4 is 0 Å². The van der Waals surface area contributed by atoms with E-state index in [1.165, 1.54) is 0 Å². The van der Waals surface area contributed by atoms with E-state index in [0.29, 0.717) is 11.4 Å². The molecule has 1 aromatic carbocycles. The van der Waals surface area contributed by atoms with Crippen LogP contribution in [0.1, 0.15) is 11.3 Å². The first-order chi connectivity index (χ1) is 9.69. The summed E-state index contributed by atoms with van der Waals surface area (Å²) in [5.74, 6) is 0. The summed E-state index contributed by atoms with van der Waals surface area (Å²) in [5, 5.41) is 9.76. The van der Waals surface area contributed by atoms with Crippen molar-refractivity contribution in [3.63, 3.8) is 0 Å². The molecule has 0 aliphatic carbocycles. The van der Waals surface area contributed by atoms with E-state index in [0.717, 1.165) is 28.2 Å². The van der Waals surface area contributed by atoms with Crippen LogP contribution in [-0.2, 0) is 6.42 Å². The monoisotopic (exact) mass is 281 g/mol. The molecule has 0 N–H and O–H groups in total. The molecule has 3 aromatic rings. The third-order valence-corrected chi connectivity index (χ3v) is 3.48. The van der Waals surface area contributed by atoms with Crippen LogP contribution in [0.5, 0.6) is 0 Å². The summed E-state index contributed by atoms with van der Waals surface area (Å²) >= 11 is 5.92. The Morgan fingerprint density at radius 1 is 1.20 bits per heavy atom. The van der Waals surface area contributed by atoms with Gasteiger partial charge in [0, 0.05) is 16.8 Å². The molecule has 98 valence electrons. The highest BCUT2D eigenvalue weighted by Gasteiger charge is 2.13. The van der Waals surface area contributed by atoms with Crippen LogP contribution in [0.2, 0.25) is 5.02 Å². The molecule has 0 bridgehead atoms. The SMILES string of the molecule is Cc1ccc2nc(-c3ccc(Cl)cc3)c(CC#N)n2c1. The number of pyridine rings is 1. The highest BCUT2D eigenvalue weighted by molar-refractivity contribution is 6.30. The lowest BCUT2D eigenvalue weighted by Gasteiger charge is -2.02. The van der Waals surface area contributed by atoms with E-state index >= 15 is 0 Å². The standard InChI is InChI=1S/C16H12ClN3/c1-11-2-7-15-19-16(12-3-5-13(17)6-4-12)14(8-9-18)20(15)10-11/h2-7,10H,8H2,1H3. The maximum Gasteiger partial charge on any atom is 0.137 e. The molecule has 3 rings (SSSR count). The summed E-state index contributed by atoms with van der Waals surface area (Å²) in [5.41, 5.74) is 4.71. The molecule has 0 aliphatic heterocycles. The van der Waals surface area contributed by atoms with Crippen molar-refractivity contribution in [2.45, 2.75) is 13.3 Å². The van der Waals surface area contributed by atoms with Gasteiger partial charge in [0.2, 0.25) is 0 Å². The van der Waals surface area contributed by atoms with Gasteiger partial charge in [-0.3, -0.25) is 0 Å². The maximum atomic E-state index is 9.07. The second-order valence-electron chi connectivity index (χ2n) is 4.68. The number of imidazole rings is 1. The molecule has 0 spiro atoms. The molecule has 0 saturated carbocycles. The third-order valence-electron chi connectivity index (χ3n) is 3.23. The largest absolute Gasteiger partial charge is 0.302 e. The van der Waals surface area contributed by atoms with E-state index in [4.69, 9.17) is 16.9 Å². The Kier molecular flexibility index (Phi) is 3.17. The van der Waals surface area contributed by atoms with Gasteiger partial charge in [-0.2, -0.15) is 5.26 Å². The second kappa shape index (κ2) is 4.99. The highest BCUT2D eigenvalue weighted by atomic mass is 35.5. The zero-order chi connectivity index (χ0) is 14.1. The Balaban J connectivity index is 2.26. The summed E-state index contributed by atoms with van der Waals surface area (Å²) < 4.78 is 1.99. The molecule has 2 aromatic heterocycles. The van der Waals surface area contributed by atoms with Crippen molar-refractivity contribution in [2.24, 2.45) is 0 Å². The number of hydrogen-bond acceptors (Lipinski definition) is 2. The summed E-state index contributed by atoms with van der Waals surface area (Å²) in [4.78, 5) is 4.64. The van der Waals surface area contributed by atoms with Crippen LogP contribution in [0.4, 0.5) is 0 Å². The molecule has 20 heavy (non-hydrogen) atoms. The molecule has 0 atom stereocenters. The first-order valence-electron chi connectivity index (χ1n) is 6.29. The fraction of sp³-hybridized carbons (Fsp3) is 0.125. The number of halogens is 1. The predicted octanol–water partition coefficient (Wildman–Crippen LogP) is 4.03. The summed E-state index contributed by atoms with van der Waals surface area (Å²) in [6.07, 6.45) is 2.33. The fourth-order valence-corrected chi connectivity index (χ4v) is 2.41. The number of aromatic nitrogens is 2. The maximum absolute atomic E-state index is 9.07. The molecular formula is C16H12ClN3. The van der Waals surface area contributed by atoms with Crippen LogP contribution >= 0.6 is 11.6 Å². The average molecular weight is 282 g/mol. The number of benzene rings is 1. The molecule has 0 aliphatic rings. The first-order valence-corrected chi connectivity index (χ1v) is 6.67. The van der Waals surface area contributed by atoms with Gasteiger partial charge in [0.25, 0.3) is 0 Å². The molecule has 0 unspecified atom stereocenters. The van der Waals surface area contributed by atoms with E-state index in [1.807, 2.05) is 53.9 Å².